The molecule has 0 amide bonds. The average molecular weight is 435 g/mol. The van der Waals surface area contributed by atoms with Gasteiger partial charge in [0.1, 0.15) is 0 Å². The lowest BCUT2D eigenvalue weighted by Gasteiger charge is -2.34. The Labute approximate surface area is 179 Å². The quantitative estimate of drug-likeness (QED) is 0.350. The first-order chi connectivity index (χ1) is 13.4. The molecule has 0 aromatic rings. The number of quaternary nitrogens is 2. The van der Waals surface area contributed by atoms with Crippen molar-refractivity contribution >= 4 is 20.6 Å². The third-order valence-electron chi connectivity index (χ3n) is 7.08. The average Bonchev–Trinajstić information content (AvgIpc) is 3.03. The highest BCUT2D eigenvalue weighted by atomic mass is 32.2. The van der Waals surface area contributed by atoms with Gasteiger partial charge < -0.3 is 23.1 Å². The van der Waals surface area contributed by atoms with Crippen LogP contribution < -0.4 is 9.80 Å². The molecule has 2 rings (SSSR count). The maximum atomic E-state index is 5.54. The first-order valence-electron chi connectivity index (χ1n) is 11.3. The van der Waals surface area contributed by atoms with Crippen molar-refractivity contribution in [2.24, 2.45) is 23.7 Å². The summed E-state index contributed by atoms with van der Waals surface area (Å²) in [6.07, 6.45) is 5.41. The Morgan fingerprint density at radius 1 is 0.893 bits per heavy atom. The van der Waals surface area contributed by atoms with Gasteiger partial charge in [-0.05, 0) is 31.4 Å². The molecule has 6 unspecified atom stereocenters. The Morgan fingerprint density at radius 3 is 2.14 bits per heavy atom. The number of thioether (sulfide) groups is 1. The van der Waals surface area contributed by atoms with E-state index in [-0.39, 0.29) is 0 Å². The van der Waals surface area contributed by atoms with E-state index in [2.05, 4.69) is 32.8 Å². The van der Waals surface area contributed by atoms with Crippen molar-refractivity contribution in [2.75, 3.05) is 73.1 Å². The zero-order valence-electron chi connectivity index (χ0n) is 19.2. The second-order valence-corrected chi connectivity index (χ2v) is 13.6. The van der Waals surface area contributed by atoms with E-state index >= 15 is 0 Å². The highest BCUT2D eigenvalue weighted by Gasteiger charge is 2.39. The van der Waals surface area contributed by atoms with Crippen LogP contribution in [0, 0.1) is 23.7 Å². The van der Waals surface area contributed by atoms with Crippen LogP contribution in [0.4, 0.5) is 0 Å². The summed E-state index contributed by atoms with van der Waals surface area (Å²) in [5.41, 5.74) is 0. The van der Waals surface area contributed by atoms with Crippen LogP contribution in [0.25, 0.3) is 0 Å². The van der Waals surface area contributed by atoms with E-state index in [4.69, 9.17) is 13.3 Å². The van der Waals surface area contributed by atoms with Crippen molar-refractivity contribution < 1.29 is 23.1 Å². The minimum Gasteiger partial charge on any atom is -0.377 e. The molecule has 0 radical (unpaired) electrons. The van der Waals surface area contributed by atoms with Gasteiger partial charge in [0, 0.05) is 56.8 Å². The first-order valence-corrected chi connectivity index (χ1v) is 14.4. The van der Waals surface area contributed by atoms with E-state index in [1.165, 1.54) is 56.9 Å². The van der Waals surface area contributed by atoms with Gasteiger partial charge >= 0.3 is 8.80 Å². The molecule has 28 heavy (non-hydrogen) atoms. The smallest absolute Gasteiger partial charge is 0.377 e. The van der Waals surface area contributed by atoms with Crippen molar-refractivity contribution in [3.05, 3.63) is 0 Å². The van der Waals surface area contributed by atoms with Crippen molar-refractivity contribution in [1.29, 1.82) is 0 Å². The Morgan fingerprint density at radius 2 is 1.50 bits per heavy atom. The Balaban J connectivity index is 1.74. The van der Waals surface area contributed by atoms with Gasteiger partial charge in [-0.15, -0.1) is 0 Å². The molecule has 2 fully saturated rings. The minimum atomic E-state index is -2.39. The van der Waals surface area contributed by atoms with Crippen molar-refractivity contribution in [2.45, 2.75) is 38.7 Å². The highest BCUT2D eigenvalue weighted by Crippen LogP contribution is 2.30. The molecular weight excluding hydrogens is 388 g/mol. The number of hydrogen-bond donors (Lipinski definition) is 2. The van der Waals surface area contributed by atoms with Gasteiger partial charge in [-0.3, -0.25) is 0 Å². The van der Waals surface area contributed by atoms with Gasteiger partial charge in [-0.2, -0.15) is 11.8 Å². The molecule has 2 N–H and O–H groups in total. The summed E-state index contributed by atoms with van der Waals surface area (Å²) < 4.78 is 16.6. The van der Waals surface area contributed by atoms with Crippen LogP contribution in [0.15, 0.2) is 0 Å². The number of piperidine rings is 1. The molecule has 2 aliphatic heterocycles. The lowest BCUT2D eigenvalue weighted by atomic mass is 9.80. The molecule has 0 aromatic heterocycles. The van der Waals surface area contributed by atoms with E-state index in [1.807, 2.05) is 0 Å². The van der Waals surface area contributed by atoms with Crippen molar-refractivity contribution in [1.82, 2.24) is 0 Å². The SMILES string of the molecule is CCC1CC(CC2C[NH+](C)CC2CSCCC[Si](OC)(OC)OC)C[NH+](C)C1. The largest absolute Gasteiger partial charge is 0.500 e. The molecule has 0 bridgehead atoms. The predicted octanol–water partition coefficient (Wildman–Crippen LogP) is 0.699. The Hall–Kier alpha value is 0.367. The zero-order valence-corrected chi connectivity index (χ0v) is 21.0. The van der Waals surface area contributed by atoms with Crippen LogP contribution >= 0.6 is 11.8 Å². The molecule has 0 aliphatic carbocycles. The van der Waals surface area contributed by atoms with E-state index in [1.54, 1.807) is 31.1 Å². The fourth-order valence-electron chi connectivity index (χ4n) is 5.59. The number of nitrogens with one attached hydrogen (secondary N) is 2. The molecular formula is C21H46N2O3SSi+2. The summed E-state index contributed by atoms with van der Waals surface area (Å²) in [6.45, 7) is 7.89. The van der Waals surface area contributed by atoms with Gasteiger partial charge in [0.2, 0.25) is 0 Å². The fourth-order valence-corrected chi connectivity index (χ4v) is 8.78. The molecule has 2 saturated heterocycles. The number of likely N-dealkylation sites (tertiary alicyclic amines) is 2. The summed E-state index contributed by atoms with van der Waals surface area (Å²) in [5.74, 6) is 6.20. The van der Waals surface area contributed by atoms with E-state index in [0.29, 0.717) is 0 Å². The molecule has 5 nitrogen and oxygen atoms in total. The standard InChI is InChI=1S/C21H44N2O3SSi/c1-7-18-11-19(14-22(2)13-18)12-20-15-23(3)16-21(20)17-27-9-8-10-28(24-4,25-5)26-6/h18-21H,7-17H2,1-6H3/p+2. The topological polar surface area (TPSA) is 36.6 Å². The van der Waals surface area contributed by atoms with Crippen LogP contribution in [0.2, 0.25) is 6.04 Å². The first kappa shape index (κ1) is 24.6. The van der Waals surface area contributed by atoms with E-state index < -0.39 is 8.80 Å². The van der Waals surface area contributed by atoms with Gasteiger partial charge in [-0.25, -0.2) is 0 Å². The predicted molar refractivity (Wildman–Crippen MR) is 120 cm³/mol. The Bertz CT molecular complexity index is 434. The monoisotopic (exact) mass is 434 g/mol. The molecule has 0 spiro atoms. The Kier molecular flexibility index (Phi) is 10.8. The minimum absolute atomic E-state index is 0.890. The van der Waals surface area contributed by atoms with Crippen LogP contribution in [-0.4, -0.2) is 81.9 Å². The molecule has 2 heterocycles. The second kappa shape index (κ2) is 12.3. The molecule has 166 valence electrons. The summed E-state index contributed by atoms with van der Waals surface area (Å²) in [6, 6.07) is 0.915. The van der Waals surface area contributed by atoms with Crippen molar-refractivity contribution in [3.8, 4) is 0 Å². The van der Waals surface area contributed by atoms with Crippen LogP contribution in [-0.2, 0) is 13.3 Å². The lowest BCUT2D eigenvalue weighted by molar-refractivity contribution is -0.893. The molecule has 0 aromatic carbocycles. The van der Waals surface area contributed by atoms with Gasteiger partial charge in [0.15, 0.2) is 0 Å². The number of rotatable bonds is 12. The maximum Gasteiger partial charge on any atom is 0.500 e. The third-order valence-corrected chi connectivity index (χ3v) is 11.2. The van der Waals surface area contributed by atoms with E-state index in [0.717, 1.165) is 36.1 Å². The summed E-state index contributed by atoms with van der Waals surface area (Å²) in [5, 5.41) is 0. The fraction of sp³-hybridized carbons (Fsp3) is 1.00. The molecule has 2 aliphatic rings. The van der Waals surface area contributed by atoms with Crippen LogP contribution in [0.5, 0.6) is 0 Å². The normalized spacial score (nSPS) is 34.1. The zero-order chi connectivity index (χ0) is 20.6. The van der Waals surface area contributed by atoms with Gasteiger partial charge in [0.25, 0.3) is 0 Å². The summed E-state index contributed by atoms with van der Waals surface area (Å²) in [7, 11) is 7.53. The lowest BCUT2D eigenvalue weighted by Crippen LogP contribution is -3.11. The van der Waals surface area contributed by atoms with Gasteiger partial charge in [-0.1, -0.05) is 6.92 Å². The molecule has 6 atom stereocenters. The third kappa shape index (κ3) is 7.25. The maximum absolute atomic E-state index is 5.54. The molecule has 7 heteroatoms. The van der Waals surface area contributed by atoms with E-state index in [9.17, 15) is 0 Å². The second-order valence-electron chi connectivity index (χ2n) is 9.34. The highest BCUT2D eigenvalue weighted by molar-refractivity contribution is 7.99. The molecule has 0 saturated carbocycles. The van der Waals surface area contributed by atoms with Gasteiger partial charge in [0.05, 0.1) is 40.3 Å². The van der Waals surface area contributed by atoms with Crippen LogP contribution in [0.1, 0.15) is 32.6 Å². The number of hydrogen-bond acceptors (Lipinski definition) is 4. The van der Waals surface area contributed by atoms with Crippen LogP contribution in [0.3, 0.4) is 0 Å². The van der Waals surface area contributed by atoms with Crippen molar-refractivity contribution in [3.63, 3.8) is 0 Å². The summed E-state index contributed by atoms with van der Waals surface area (Å²) in [4.78, 5) is 3.50. The summed E-state index contributed by atoms with van der Waals surface area (Å²) >= 11 is 2.13.